The average Bonchev–Trinajstić information content (AvgIpc) is 3.29. The normalized spacial score (nSPS) is 10.8. The molecule has 0 aliphatic heterocycles. The number of nitrogens with one attached hydrogen (secondary N) is 1. The molecule has 4 aromatic rings. The van der Waals surface area contributed by atoms with Gasteiger partial charge in [-0.2, -0.15) is 0 Å². The Morgan fingerprint density at radius 1 is 0.909 bits per heavy atom. The number of benzene rings is 3. The highest BCUT2D eigenvalue weighted by molar-refractivity contribution is 7.13. The first-order chi connectivity index (χ1) is 15.9. The van der Waals surface area contributed by atoms with E-state index in [1.54, 1.807) is 12.1 Å². The molecule has 1 aromatic heterocycles. The van der Waals surface area contributed by atoms with E-state index < -0.39 is 23.4 Å². The lowest BCUT2D eigenvalue weighted by Gasteiger charge is -2.08. The minimum absolute atomic E-state index is 0.00991. The fourth-order valence-electron chi connectivity index (χ4n) is 2.95. The van der Waals surface area contributed by atoms with E-state index >= 15 is 0 Å². The smallest absolute Gasteiger partial charge is 0.271 e. The summed E-state index contributed by atoms with van der Waals surface area (Å²) < 4.78 is 59.9. The standard InChI is InChI=1S/C24H16F4N2O2S/c25-16-3-1-14(2-4-16)11-29-23(31)22-13-33-24(30-22)19-7-6-18(10-21(19)28)32-12-15-9-17(26)5-8-20(15)27/h1-10,13H,11-12H2,(H,29,31). The Morgan fingerprint density at radius 2 is 1.67 bits per heavy atom. The molecule has 3 aromatic carbocycles. The molecule has 1 amide bonds. The van der Waals surface area contributed by atoms with Gasteiger partial charge < -0.3 is 10.1 Å². The largest absolute Gasteiger partial charge is 0.489 e. The second kappa shape index (κ2) is 9.83. The third-order valence-corrected chi connectivity index (χ3v) is 5.55. The SMILES string of the molecule is O=C(NCc1ccc(F)cc1)c1csc(-c2ccc(OCc3cc(F)ccc3F)cc2F)n1. The van der Waals surface area contributed by atoms with Gasteiger partial charge in [-0.1, -0.05) is 12.1 Å². The molecule has 0 saturated carbocycles. The van der Waals surface area contributed by atoms with Crippen molar-refractivity contribution in [3.8, 4) is 16.3 Å². The van der Waals surface area contributed by atoms with Crippen LogP contribution in [0.25, 0.3) is 10.6 Å². The van der Waals surface area contributed by atoms with E-state index in [9.17, 15) is 22.4 Å². The number of thiazole rings is 1. The van der Waals surface area contributed by atoms with Crippen molar-refractivity contribution in [2.75, 3.05) is 0 Å². The summed E-state index contributed by atoms with van der Waals surface area (Å²) in [6.07, 6.45) is 0. The van der Waals surface area contributed by atoms with E-state index in [4.69, 9.17) is 4.74 Å². The van der Waals surface area contributed by atoms with Crippen LogP contribution in [0.5, 0.6) is 5.75 Å². The maximum atomic E-state index is 14.6. The number of carbonyl (C=O) groups excluding carboxylic acids is 1. The molecular weight excluding hydrogens is 456 g/mol. The highest BCUT2D eigenvalue weighted by Crippen LogP contribution is 2.29. The molecule has 0 unspecified atom stereocenters. The second-order valence-corrected chi connectivity index (χ2v) is 7.87. The van der Waals surface area contributed by atoms with E-state index in [-0.39, 0.29) is 41.5 Å². The van der Waals surface area contributed by atoms with Crippen LogP contribution in [0.3, 0.4) is 0 Å². The lowest BCUT2D eigenvalue weighted by molar-refractivity contribution is 0.0946. The lowest BCUT2D eigenvalue weighted by Crippen LogP contribution is -2.23. The fraction of sp³-hybridized carbons (Fsp3) is 0.0833. The summed E-state index contributed by atoms with van der Waals surface area (Å²) in [5.74, 6) is -2.54. The third-order valence-electron chi connectivity index (χ3n) is 4.68. The lowest BCUT2D eigenvalue weighted by atomic mass is 10.2. The Balaban J connectivity index is 1.40. The van der Waals surface area contributed by atoms with Crippen LogP contribution in [0, 0.1) is 23.3 Å². The van der Waals surface area contributed by atoms with Gasteiger partial charge in [0.2, 0.25) is 0 Å². The second-order valence-electron chi connectivity index (χ2n) is 7.01. The van der Waals surface area contributed by atoms with Crippen molar-refractivity contribution in [3.05, 3.63) is 106 Å². The molecule has 33 heavy (non-hydrogen) atoms. The van der Waals surface area contributed by atoms with Gasteiger partial charge in [-0.05, 0) is 48.0 Å². The molecule has 0 saturated heterocycles. The Kier molecular flexibility index (Phi) is 6.69. The summed E-state index contributed by atoms with van der Waals surface area (Å²) in [4.78, 5) is 16.5. The Labute approximate surface area is 190 Å². The van der Waals surface area contributed by atoms with E-state index in [0.29, 0.717) is 5.01 Å². The topological polar surface area (TPSA) is 51.2 Å². The number of carbonyl (C=O) groups is 1. The third kappa shape index (κ3) is 5.56. The highest BCUT2D eigenvalue weighted by atomic mass is 32.1. The summed E-state index contributed by atoms with van der Waals surface area (Å²) in [5, 5.41) is 4.48. The predicted octanol–water partition coefficient (Wildman–Crippen LogP) is 5.88. The van der Waals surface area contributed by atoms with Crippen molar-refractivity contribution in [2.24, 2.45) is 0 Å². The maximum absolute atomic E-state index is 14.6. The Morgan fingerprint density at radius 3 is 2.42 bits per heavy atom. The molecule has 1 N–H and O–H groups in total. The van der Waals surface area contributed by atoms with Gasteiger partial charge in [-0.15, -0.1) is 11.3 Å². The van der Waals surface area contributed by atoms with Crippen LogP contribution < -0.4 is 10.1 Å². The van der Waals surface area contributed by atoms with Gasteiger partial charge in [-0.25, -0.2) is 22.5 Å². The first-order valence-electron chi connectivity index (χ1n) is 9.74. The van der Waals surface area contributed by atoms with Gasteiger partial charge in [0, 0.05) is 29.1 Å². The summed E-state index contributed by atoms with van der Waals surface area (Å²) in [7, 11) is 0. The highest BCUT2D eigenvalue weighted by Gasteiger charge is 2.15. The summed E-state index contributed by atoms with van der Waals surface area (Å²) in [5.41, 5.74) is 1.02. The van der Waals surface area contributed by atoms with Crippen LogP contribution in [-0.4, -0.2) is 10.9 Å². The van der Waals surface area contributed by atoms with Gasteiger partial charge >= 0.3 is 0 Å². The van der Waals surface area contributed by atoms with E-state index in [1.807, 2.05) is 0 Å². The number of nitrogens with zero attached hydrogens (tertiary/aromatic N) is 1. The molecular formula is C24H16F4N2O2S. The molecule has 4 nitrogen and oxygen atoms in total. The maximum Gasteiger partial charge on any atom is 0.271 e. The molecule has 0 bridgehead atoms. The predicted molar refractivity (Wildman–Crippen MR) is 116 cm³/mol. The van der Waals surface area contributed by atoms with Gasteiger partial charge in [0.05, 0.1) is 0 Å². The zero-order valence-corrected chi connectivity index (χ0v) is 17.8. The number of aromatic nitrogens is 1. The van der Waals surface area contributed by atoms with Crippen molar-refractivity contribution in [3.63, 3.8) is 0 Å². The first kappa shape index (κ1) is 22.5. The number of halogens is 4. The molecule has 0 aliphatic rings. The van der Waals surface area contributed by atoms with Gasteiger partial charge in [0.25, 0.3) is 5.91 Å². The molecule has 0 atom stereocenters. The van der Waals surface area contributed by atoms with Crippen LogP contribution in [0.15, 0.2) is 66.0 Å². The van der Waals surface area contributed by atoms with Crippen LogP contribution in [0.4, 0.5) is 17.6 Å². The molecule has 9 heteroatoms. The number of rotatable bonds is 7. The van der Waals surface area contributed by atoms with Gasteiger partial charge in [0.15, 0.2) is 0 Å². The monoisotopic (exact) mass is 472 g/mol. The molecule has 4 rings (SSSR count). The summed E-state index contributed by atoms with van der Waals surface area (Å²) in [6, 6.07) is 12.7. The van der Waals surface area contributed by atoms with E-state index in [0.717, 1.165) is 41.2 Å². The van der Waals surface area contributed by atoms with Crippen molar-refractivity contribution < 1.29 is 27.1 Å². The zero-order chi connectivity index (χ0) is 23.4. The molecule has 0 spiro atoms. The van der Waals surface area contributed by atoms with Crippen molar-refractivity contribution >= 4 is 17.2 Å². The number of amides is 1. The van der Waals surface area contributed by atoms with E-state index in [2.05, 4.69) is 10.3 Å². The van der Waals surface area contributed by atoms with E-state index in [1.165, 1.54) is 29.6 Å². The van der Waals surface area contributed by atoms with Crippen molar-refractivity contribution in [1.82, 2.24) is 10.3 Å². The Hall–Kier alpha value is -3.72. The number of hydrogen-bond donors (Lipinski definition) is 1. The Bertz CT molecular complexity index is 1290. The van der Waals surface area contributed by atoms with Gasteiger partial charge in [-0.3, -0.25) is 4.79 Å². The van der Waals surface area contributed by atoms with Gasteiger partial charge in [0.1, 0.15) is 46.3 Å². The van der Waals surface area contributed by atoms with Crippen LogP contribution in [0.1, 0.15) is 21.6 Å². The molecule has 1 heterocycles. The van der Waals surface area contributed by atoms with Crippen molar-refractivity contribution in [1.29, 1.82) is 0 Å². The molecule has 0 aliphatic carbocycles. The van der Waals surface area contributed by atoms with Crippen LogP contribution >= 0.6 is 11.3 Å². The number of hydrogen-bond acceptors (Lipinski definition) is 4. The van der Waals surface area contributed by atoms with Crippen LogP contribution in [-0.2, 0) is 13.2 Å². The quantitative estimate of drug-likeness (QED) is 0.342. The summed E-state index contributed by atoms with van der Waals surface area (Å²) in [6.45, 7) is -0.0731. The fourth-order valence-corrected chi connectivity index (χ4v) is 3.78. The molecule has 0 radical (unpaired) electrons. The first-order valence-corrected chi connectivity index (χ1v) is 10.6. The summed E-state index contributed by atoms with van der Waals surface area (Å²) >= 11 is 1.09. The van der Waals surface area contributed by atoms with Crippen molar-refractivity contribution in [2.45, 2.75) is 13.2 Å². The molecule has 168 valence electrons. The minimum atomic E-state index is -0.639. The number of ether oxygens (including phenoxy) is 1. The molecule has 0 fully saturated rings. The zero-order valence-electron chi connectivity index (χ0n) is 16.9. The minimum Gasteiger partial charge on any atom is -0.489 e. The average molecular weight is 472 g/mol. The van der Waals surface area contributed by atoms with Crippen LogP contribution in [0.2, 0.25) is 0 Å².